The van der Waals surface area contributed by atoms with Crippen LogP contribution >= 0.6 is 0 Å². The van der Waals surface area contributed by atoms with Crippen molar-refractivity contribution in [3.05, 3.63) is 0 Å². The summed E-state index contributed by atoms with van der Waals surface area (Å²) in [7, 11) is 1.78. The Morgan fingerprint density at radius 2 is 2.00 bits per heavy atom. The number of ether oxygens (including phenoxy) is 1. The molecule has 0 spiro atoms. The number of carbonyl (C=O) groups is 1. The Kier molecular flexibility index (Phi) is 7.18. The molecule has 0 N–H and O–H groups in total. The van der Waals surface area contributed by atoms with Gasteiger partial charge in [0.15, 0.2) is 0 Å². The van der Waals surface area contributed by atoms with Crippen LogP contribution in [0.4, 0.5) is 0 Å². The van der Waals surface area contributed by atoms with Gasteiger partial charge >= 0.3 is 0 Å². The number of hydrogen-bond acceptors (Lipinski definition) is 3. The lowest BCUT2D eigenvalue weighted by molar-refractivity contribution is -0.123. The van der Waals surface area contributed by atoms with Crippen molar-refractivity contribution in [3.8, 4) is 0 Å². The molecule has 122 valence electrons. The highest BCUT2D eigenvalue weighted by atomic mass is 16.5. The molecular weight excluding hydrogens is 262 g/mol. The molecule has 0 aromatic heterocycles. The highest BCUT2D eigenvalue weighted by Crippen LogP contribution is 2.35. The molecule has 1 heterocycles. The van der Waals surface area contributed by atoms with E-state index in [0.29, 0.717) is 17.7 Å². The molecule has 3 heteroatoms. The average Bonchev–Trinajstić information content (AvgIpc) is 3.06. The Bertz CT molecular complexity index is 318. The summed E-state index contributed by atoms with van der Waals surface area (Å²) in [4.78, 5) is 14.9. The summed E-state index contributed by atoms with van der Waals surface area (Å²) >= 11 is 0. The van der Waals surface area contributed by atoms with E-state index in [0.717, 1.165) is 26.0 Å². The minimum absolute atomic E-state index is 0.207. The van der Waals surface area contributed by atoms with E-state index in [-0.39, 0.29) is 6.04 Å². The molecule has 1 aliphatic heterocycles. The molecule has 3 nitrogen and oxygen atoms in total. The third-order valence-corrected chi connectivity index (χ3v) is 5.36. The fourth-order valence-electron chi connectivity index (χ4n) is 4.26. The van der Waals surface area contributed by atoms with E-state index < -0.39 is 0 Å². The van der Waals surface area contributed by atoms with Gasteiger partial charge in [-0.3, -0.25) is 9.69 Å². The van der Waals surface area contributed by atoms with Gasteiger partial charge in [-0.2, -0.15) is 0 Å². The van der Waals surface area contributed by atoms with E-state index in [1.807, 2.05) is 0 Å². The zero-order valence-corrected chi connectivity index (χ0v) is 14.0. The molecule has 0 amide bonds. The number of rotatable bonds is 9. The van der Waals surface area contributed by atoms with E-state index in [9.17, 15) is 4.79 Å². The number of carbonyl (C=O) groups excluding carboxylic acids is 1. The van der Waals surface area contributed by atoms with Gasteiger partial charge < -0.3 is 4.74 Å². The van der Waals surface area contributed by atoms with E-state index in [1.165, 1.54) is 51.4 Å². The fourth-order valence-corrected chi connectivity index (χ4v) is 4.26. The van der Waals surface area contributed by atoms with Crippen LogP contribution in [0.2, 0.25) is 0 Å². The molecule has 3 atom stereocenters. The van der Waals surface area contributed by atoms with Crippen molar-refractivity contribution in [1.82, 2.24) is 4.90 Å². The van der Waals surface area contributed by atoms with Crippen LogP contribution in [0.15, 0.2) is 0 Å². The number of nitrogens with zero attached hydrogens (tertiary/aromatic N) is 1. The number of hydrogen-bond donors (Lipinski definition) is 0. The molecule has 0 aromatic carbocycles. The molecule has 1 aliphatic carbocycles. The molecule has 3 unspecified atom stereocenters. The maximum atomic E-state index is 12.4. The van der Waals surface area contributed by atoms with Gasteiger partial charge in [0.2, 0.25) is 0 Å². The molecule has 0 aromatic rings. The lowest BCUT2D eigenvalue weighted by Crippen LogP contribution is -2.46. The topological polar surface area (TPSA) is 29.5 Å². The Hall–Kier alpha value is -0.410. The van der Waals surface area contributed by atoms with Crippen molar-refractivity contribution < 1.29 is 9.53 Å². The molecule has 0 radical (unpaired) electrons. The Morgan fingerprint density at radius 3 is 2.76 bits per heavy atom. The van der Waals surface area contributed by atoms with Gasteiger partial charge in [-0.15, -0.1) is 0 Å². The molecule has 1 saturated heterocycles. The summed E-state index contributed by atoms with van der Waals surface area (Å²) in [6.45, 7) is 4.14. The Labute approximate surface area is 130 Å². The fraction of sp³-hybridized carbons (Fsp3) is 0.944. The highest BCUT2D eigenvalue weighted by Gasteiger charge is 2.42. The summed E-state index contributed by atoms with van der Waals surface area (Å²) < 4.78 is 5.36. The second-order valence-electron chi connectivity index (χ2n) is 6.90. The van der Waals surface area contributed by atoms with Crippen LogP contribution in [0.3, 0.4) is 0 Å². The minimum Gasteiger partial charge on any atom is -0.383 e. The highest BCUT2D eigenvalue weighted by molar-refractivity contribution is 5.86. The number of unbranched alkanes of at least 4 members (excludes halogenated alkanes) is 4. The smallest absolute Gasteiger partial charge is 0.150 e. The van der Waals surface area contributed by atoms with Crippen LogP contribution in [-0.4, -0.2) is 43.0 Å². The summed E-state index contributed by atoms with van der Waals surface area (Å²) in [5.74, 6) is 1.10. The van der Waals surface area contributed by atoms with Crippen molar-refractivity contribution in [2.45, 2.75) is 83.2 Å². The molecule has 2 fully saturated rings. The maximum Gasteiger partial charge on any atom is 0.150 e. The summed E-state index contributed by atoms with van der Waals surface area (Å²) in [5.41, 5.74) is 0. The van der Waals surface area contributed by atoms with E-state index in [1.54, 1.807) is 7.11 Å². The number of likely N-dealkylation sites (tertiary alicyclic amines) is 1. The quantitative estimate of drug-likeness (QED) is 0.606. The first-order chi connectivity index (χ1) is 10.3. The Morgan fingerprint density at radius 1 is 1.19 bits per heavy atom. The maximum absolute atomic E-state index is 12.4. The second kappa shape index (κ2) is 8.89. The van der Waals surface area contributed by atoms with Gasteiger partial charge in [-0.25, -0.2) is 0 Å². The van der Waals surface area contributed by atoms with Crippen molar-refractivity contribution in [2.75, 3.05) is 20.3 Å². The van der Waals surface area contributed by atoms with Gasteiger partial charge in [-0.1, -0.05) is 39.0 Å². The predicted molar refractivity (Wildman–Crippen MR) is 86.5 cm³/mol. The summed E-state index contributed by atoms with van der Waals surface area (Å²) in [6.07, 6.45) is 12.3. The van der Waals surface area contributed by atoms with Gasteiger partial charge in [0, 0.05) is 19.6 Å². The van der Waals surface area contributed by atoms with Crippen molar-refractivity contribution >= 4 is 5.78 Å². The summed E-state index contributed by atoms with van der Waals surface area (Å²) in [6, 6.07) is 0.684. The normalized spacial score (nSPS) is 30.4. The van der Waals surface area contributed by atoms with Crippen LogP contribution in [0.5, 0.6) is 0 Å². The van der Waals surface area contributed by atoms with Gasteiger partial charge in [-0.05, 0) is 38.1 Å². The van der Waals surface area contributed by atoms with Crippen molar-refractivity contribution in [1.29, 1.82) is 0 Å². The van der Waals surface area contributed by atoms with Crippen LogP contribution in [0.1, 0.15) is 71.1 Å². The number of ketones is 1. The molecule has 21 heavy (non-hydrogen) atoms. The van der Waals surface area contributed by atoms with Crippen molar-refractivity contribution in [2.24, 2.45) is 5.92 Å². The standard InChI is InChI=1S/C18H33NO2/c1-3-4-5-6-7-9-15-11-12-17(20)18(15)19-13-8-10-16(19)14-21-2/h15-16,18H,3-14H2,1-2H3. The first-order valence-corrected chi connectivity index (χ1v) is 9.05. The molecule has 2 rings (SSSR count). The van der Waals surface area contributed by atoms with E-state index in [4.69, 9.17) is 4.74 Å². The van der Waals surface area contributed by atoms with Gasteiger partial charge in [0.1, 0.15) is 5.78 Å². The second-order valence-corrected chi connectivity index (χ2v) is 6.90. The minimum atomic E-state index is 0.207. The monoisotopic (exact) mass is 295 g/mol. The lowest BCUT2D eigenvalue weighted by atomic mass is 9.94. The SMILES string of the molecule is CCCCCCCC1CCC(=O)C1N1CCCC1COC. The zero-order chi connectivity index (χ0) is 15.1. The number of Topliss-reactive ketones (excluding diaryl/α,β-unsaturated/α-hetero) is 1. The van der Waals surface area contributed by atoms with Crippen LogP contribution in [0.25, 0.3) is 0 Å². The molecule has 0 bridgehead atoms. The Balaban J connectivity index is 1.84. The summed E-state index contributed by atoms with van der Waals surface area (Å²) in [5, 5.41) is 0. The molecule has 2 aliphatic rings. The predicted octanol–water partition coefficient (Wildman–Crippen LogP) is 3.81. The third kappa shape index (κ3) is 4.53. The lowest BCUT2D eigenvalue weighted by Gasteiger charge is -2.33. The van der Waals surface area contributed by atoms with Crippen LogP contribution in [-0.2, 0) is 9.53 Å². The average molecular weight is 295 g/mol. The zero-order valence-electron chi connectivity index (χ0n) is 14.0. The van der Waals surface area contributed by atoms with Crippen molar-refractivity contribution in [3.63, 3.8) is 0 Å². The van der Waals surface area contributed by atoms with Crippen LogP contribution in [0, 0.1) is 5.92 Å². The molecular formula is C18H33NO2. The van der Waals surface area contributed by atoms with E-state index in [2.05, 4.69) is 11.8 Å². The third-order valence-electron chi connectivity index (χ3n) is 5.36. The van der Waals surface area contributed by atoms with Crippen LogP contribution < -0.4 is 0 Å². The van der Waals surface area contributed by atoms with Gasteiger partial charge in [0.05, 0.1) is 12.6 Å². The first-order valence-electron chi connectivity index (χ1n) is 9.05. The first kappa shape index (κ1) is 17.0. The largest absolute Gasteiger partial charge is 0.383 e. The van der Waals surface area contributed by atoms with E-state index >= 15 is 0 Å². The van der Waals surface area contributed by atoms with Gasteiger partial charge in [0.25, 0.3) is 0 Å². The number of methoxy groups -OCH3 is 1. The molecule has 1 saturated carbocycles.